The van der Waals surface area contributed by atoms with Crippen molar-refractivity contribution >= 4 is 5.57 Å². The van der Waals surface area contributed by atoms with Gasteiger partial charge >= 0.3 is 0 Å². The first kappa shape index (κ1) is 23.8. The molecule has 0 N–H and O–H groups in total. The van der Waals surface area contributed by atoms with Crippen LogP contribution in [0.1, 0.15) is 56.5 Å². The largest absolute Gasteiger partial charge is 0.489 e. The van der Waals surface area contributed by atoms with Gasteiger partial charge in [-0.05, 0) is 65.3 Å². The zero-order chi connectivity index (χ0) is 22.9. The third-order valence-electron chi connectivity index (χ3n) is 5.80. The summed E-state index contributed by atoms with van der Waals surface area (Å²) in [5, 5.41) is 0. The molecule has 0 aliphatic carbocycles. The van der Waals surface area contributed by atoms with Gasteiger partial charge in [-0.3, -0.25) is 0 Å². The third-order valence-corrected chi connectivity index (χ3v) is 5.80. The molecule has 1 unspecified atom stereocenters. The van der Waals surface area contributed by atoms with Gasteiger partial charge in [-0.25, -0.2) is 9.97 Å². The van der Waals surface area contributed by atoms with Crippen LogP contribution in [0, 0.1) is 6.92 Å². The minimum atomic E-state index is 0.428. The molecule has 0 amide bonds. The van der Waals surface area contributed by atoms with E-state index in [9.17, 15) is 0 Å². The van der Waals surface area contributed by atoms with Crippen LogP contribution in [0.25, 0.3) is 5.57 Å². The van der Waals surface area contributed by atoms with Crippen LogP contribution in [0.3, 0.4) is 0 Å². The molecule has 32 heavy (non-hydrogen) atoms. The highest BCUT2D eigenvalue weighted by molar-refractivity contribution is 5.58. The summed E-state index contributed by atoms with van der Waals surface area (Å²) in [5.41, 5.74) is 2.99. The number of pyridine rings is 1. The highest BCUT2D eigenvalue weighted by atomic mass is 16.5. The molecule has 1 saturated heterocycles. The molecule has 0 aromatic carbocycles. The lowest BCUT2D eigenvalue weighted by Crippen LogP contribution is -2.29. The molecule has 0 saturated carbocycles. The van der Waals surface area contributed by atoms with E-state index in [1.165, 1.54) is 19.4 Å². The average molecular weight is 438 g/mol. The number of hydrogen-bond acceptors (Lipinski definition) is 6. The average Bonchev–Trinajstić information content (AvgIpc) is 3.39. The number of likely N-dealkylation sites (tertiary alicyclic amines) is 1. The molecule has 1 atom stereocenters. The molecule has 6 heteroatoms. The maximum atomic E-state index is 5.96. The van der Waals surface area contributed by atoms with Gasteiger partial charge in [0.2, 0.25) is 11.8 Å². The highest BCUT2D eigenvalue weighted by Gasteiger charge is 2.20. The van der Waals surface area contributed by atoms with Crippen LogP contribution < -0.4 is 4.74 Å². The standard InChI is InChI=1S/C26H35N3O3/c1-6-8-23(31-18-22-11-13-25(30-5)27-17-22)12-10-19(2)26-28-24(21(4)32-26)14-16-29-15-7-9-20(29)3/h6,8,10-13,17,20H,7,9,14-16,18H2,1-5H3/b8-6-,19-10+,23-12+. The van der Waals surface area contributed by atoms with Gasteiger partial charge in [0.15, 0.2) is 0 Å². The SMILES string of the molecule is C\C=C/C(=C\C=C(/C)c1nc(CCN2CCCC2C)c(C)o1)OCc1ccc(OC)nc1. The van der Waals surface area contributed by atoms with E-state index in [4.69, 9.17) is 18.9 Å². The van der Waals surface area contributed by atoms with Crippen molar-refractivity contribution < 1.29 is 13.9 Å². The lowest BCUT2D eigenvalue weighted by atomic mass is 10.2. The fourth-order valence-electron chi connectivity index (χ4n) is 3.78. The van der Waals surface area contributed by atoms with Crippen molar-refractivity contribution in [3.63, 3.8) is 0 Å². The minimum absolute atomic E-state index is 0.428. The van der Waals surface area contributed by atoms with Gasteiger partial charge in [0.25, 0.3) is 0 Å². The third kappa shape index (κ3) is 6.57. The molecule has 3 heterocycles. The van der Waals surface area contributed by atoms with Crippen LogP contribution >= 0.6 is 0 Å². The monoisotopic (exact) mass is 437 g/mol. The Morgan fingerprint density at radius 2 is 2.16 bits per heavy atom. The first-order chi connectivity index (χ1) is 15.5. The zero-order valence-corrected chi connectivity index (χ0v) is 19.9. The van der Waals surface area contributed by atoms with Crippen LogP contribution in [0.5, 0.6) is 5.88 Å². The van der Waals surface area contributed by atoms with Crippen LogP contribution in [0.2, 0.25) is 0 Å². The van der Waals surface area contributed by atoms with Crippen molar-refractivity contribution in [3.05, 3.63) is 71.3 Å². The smallest absolute Gasteiger partial charge is 0.222 e. The Balaban J connectivity index is 1.62. The summed E-state index contributed by atoms with van der Waals surface area (Å²) in [6.45, 7) is 10.9. The predicted molar refractivity (Wildman–Crippen MR) is 127 cm³/mol. The summed E-state index contributed by atoms with van der Waals surface area (Å²) in [6, 6.07) is 4.45. The number of ether oxygens (including phenoxy) is 2. The number of methoxy groups -OCH3 is 1. The molecule has 2 aromatic heterocycles. The fourth-order valence-corrected chi connectivity index (χ4v) is 3.78. The fraction of sp³-hybridized carbons (Fsp3) is 0.462. The Hall–Kier alpha value is -2.86. The number of nitrogens with zero attached hydrogens (tertiary/aromatic N) is 3. The number of aromatic nitrogens is 2. The van der Waals surface area contributed by atoms with Crippen LogP contribution in [-0.4, -0.2) is 41.1 Å². The summed E-state index contributed by atoms with van der Waals surface area (Å²) in [7, 11) is 1.60. The van der Waals surface area contributed by atoms with Gasteiger partial charge in [0, 0.05) is 42.4 Å². The Labute approximate surface area is 191 Å². The maximum Gasteiger partial charge on any atom is 0.222 e. The molecule has 1 aliphatic rings. The van der Waals surface area contributed by atoms with Gasteiger partial charge in [-0.1, -0.05) is 12.2 Å². The molecule has 2 aromatic rings. The first-order valence-corrected chi connectivity index (χ1v) is 11.3. The Kier molecular flexibility index (Phi) is 8.68. The van der Waals surface area contributed by atoms with Crippen molar-refractivity contribution in [1.82, 2.24) is 14.9 Å². The second kappa shape index (κ2) is 11.7. The summed E-state index contributed by atoms with van der Waals surface area (Å²) in [4.78, 5) is 11.5. The zero-order valence-electron chi connectivity index (χ0n) is 19.9. The molecule has 1 aliphatic heterocycles. The molecular weight excluding hydrogens is 402 g/mol. The summed E-state index contributed by atoms with van der Waals surface area (Å²) < 4.78 is 17.0. The quantitative estimate of drug-likeness (QED) is 0.362. The van der Waals surface area contributed by atoms with Crippen LogP contribution in [0.4, 0.5) is 0 Å². The Bertz CT molecular complexity index is 957. The number of aryl methyl sites for hydroxylation is 1. The topological polar surface area (TPSA) is 60.6 Å². The van der Waals surface area contributed by atoms with Gasteiger partial charge in [0.1, 0.15) is 18.1 Å². The minimum Gasteiger partial charge on any atom is -0.489 e. The van der Waals surface area contributed by atoms with Crippen molar-refractivity contribution in [2.24, 2.45) is 0 Å². The summed E-state index contributed by atoms with van der Waals surface area (Å²) >= 11 is 0. The predicted octanol–water partition coefficient (Wildman–Crippen LogP) is 5.49. The van der Waals surface area contributed by atoms with E-state index in [0.717, 1.165) is 41.3 Å². The van der Waals surface area contributed by atoms with E-state index < -0.39 is 0 Å². The second-order valence-electron chi connectivity index (χ2n) is 8.22. The lowest BCUT2D eigenvalue weighted by Gasteiger charge is -2.20. The number of allylic oxidation sites excluding steroid dienone is 5. The Morgan fingerprint density at radius 1 is 1.31 bits per heavy atom. The number of hydrogen-bond donors (Lipinski definition) is 0. The van der Waals surface area contributed by atoms with Crippen molar-refractivity contribution in [1.29, 1.82) is 0 Å². The Morgan fingerprint density at radius 3 is 2.81 bits per heavy atom. The molecule has 0 radical (unpaired) electrons. The number of oxazole rings is 1. The molecule has 6 nitrogen and oxygen atoms in total. The van der Waals surface area contributed by atoms with Gasteiger partial charge in [0.05, 0.1) is 12.8 Å². The van der Waals surface area contributed by atoms with Crippen LogP contribution in [-0.2, 0) is 17.8 Å². The molecule has 1 fully saturated rings. The maximum absolute atomic E-state index is 5.96. The van der Waals surface area contributed by atoms with E-state index in [0.29, 0.717) is 24.4 Å². The summed E-state index contributed by atoms with van der Waals surface area (Å²) in [5.74, 6) is 2.92. The normalized spacial score (nSPS) is 18.0. The van der Waals surface area contributed by atoms with E-state index in [2.05, 4.69) is 16.8 Å². The second-order valence-corrected chi connectivity index (χ2v) is 8.22. The van der Waals surface area contributed by atoms with Crippen molar-refractivity contribution in [3.8, 4) is 5.88 Å². The molecular formula is C26H35N3O3. The van der Waals surface area contributed by atoms with Gasteiger partial charge in [-0.15, -0.1) is 0 Å². The molecule has 3 rings (SSSR count). The van der Waals surface area contributed by atoms with Gasteiger partial charge in [-0.2, -0.15) is 0 Å². The van der Waals surface area contributed by atoms with Crippen molar-refractivity contribution in [2.75, 3.05) is 20.2 Å². The molecule has 0 spiro atoms. The summed E-state index contributed by atoms with van der Waals surface area (Å²) in [6.07, 6.45) is 13.1. The van der Waals surface area contributed by atoms with Crippen molar-refractivity contribution in [2.45, 2.75) is 59.6 Å². The van der Waals surface area contributed by atoms with Gasteiger partial charge < -0.3 is 18.8 Å². The molecule has 0 bridgehead atoms. The van der Waals surface area contributed by atoms with E-state index in [1.54, 1.807) is 13.3 Å². The number of rotatable bonds is 10. The van der Waals surface area contributed by atoms with E-state index in [1.807, 2.05) is 57.2 Å². The lowest BCUT2D eigenvalue weighted by molar-refractivity contribution is 0.210. The molecule has 172 valence electrons. The van der Waals surface area contributed by atoms with Crippen LogP contribution in [0.15, 0.2) is 52.8 Å². The van der Waals surface area contributed by atoms with E-state index in [-0.39, 0.29) is 0 Å². The van der Waals surface area contributed by atoms with E-state index >= 15 is 0 Å². The first-order valence-electron chi connectivity index (χ1n) is 11.3. The highest BCUT2D eigenvalue weighted by Crippen LogP contribution is 2.21.